The van der Waals surface area contributed by atoms with Gasteiger partial charge in [0.25, 0.3) is 0 Å². The Morgan fingerprint density at radius 1 is 0.862 bits per heavy atom. The fourth-order valence-corrected chi connectivity index (χ4v) is 3.77. The zero-order chi connectivity index (χ0) is 19.8. The lowest BCUT2D eigenvalue weighted by atomic mass is 10.1. The van der Waals surface area contributed by atoms with E-state index in [0.717, 1.165) is 22.2 Å². The predicted molar refractivity (Wildman–Crippen MR) is 114 cm³/mol. The van der Waals surface area contributed by atoms with E-state index in [2.05, 4.69) is 20.2 Å². The Bertz CT molecular complexity index is 1290. The van der Waals surface area contributed by atoms with Crippen molar-refractivity contribution in [2.75, 3.05) is 0 Å². The number of hydrogen-bond donors (Lipinski definition) is 1. The van der Waals surface area contributed by atoms with Gasteiger partial charge in [-0.15, -0.1) is 10.2 Å². The number of halogens is 2. The minimum Gasteiger partial charge on any atom is -0.420 e. The van der Waals surface area contributed by atoms with Crippen LogP contribution in [0.15, 0.2) is 71.1 Å². The van der Waals surface area contributed by atoms with Gasteiger partial charge in [-0.05, 0) is 35.9 Å². The number of aromatic nitrogens is 4. The van der Waals surface area contributed by atoms with E-state index in [9.17, 15) is 0 Å². The van der Waals surface area contributed by atoms with Crippen LogP contribution < -0.4 is 0 Å². The first kappa shape index (κ1) is 17.9. The Morgan fingerprint density at radius 3 is 2.45 bits per heavy atom. The lowest BCUT2D eigenvalue weighted by Crippen LogP contribution is -1.87. The molecule has 0 spiro atoms. The van der Waals surface area contributed by atoms with Crippen LogP contribution in [-0.4, -0.2) is 20.2 Å². The molecule has 3 aromatic carbocycles. The fourth-order valence-electron chi connectivity index (χ4n) is 3.20. The van der Waals surface area contributed by atoms with Gasteiger partial charge in [-0.1, -0.05) is 59.6 Å². The Labute approximate surface area is 176 Å². The SMILES string of the molecule is Clc1cccc(Cl)c1-c1nc2ccc(-c3nnc(Cc4ccccc4)o3)cc2[nH]1. The topological polar surface area (TPSA) is 67.6 Å². The molecule has 142 valence electrons. The highest BCUT2D eigenvalue weighted by molar-refractivity contribution is 6.39. The predicted octanol–water partition coefficient (Wildman–Crippen LogP) is 6.18. The summed E-state index contributed by atoms with van der Waals surface area (Å²) in [4.78, 5) is 7.89. The zero-order valence-electron chi connectivity index (χ0n) is 15.1. The van der Waals surface area contributed by atoms with E-state index < -0.39 is 0 Å². The van der Waals surface area contributed by atoms with Crippen LogP contribution in [0, 0.1) is 0 Å². The number of imidazole rings is 1. The molecule has 0 bridgehead atoms. The van der Waals surface area contributed by atoms with Crippen molar-refractivity contribution in [3.05, 3.63) is 88.2 Å². The lowest BCUT2D eigenvalue weighted by molar-refractivity contribution is 0.518. The largest absolute Gasteiger partial charge is 0.420 e. The molecule has 0 fully saturated rings. The summed E-state index contributed by atoms with van der Waals surface area (Å²) >= 11 is 12.6. The monoisotopic (exact) mass is 420 g/mol. The Balaban J connectivity index is 1.48. The van der Waals surface area contributed by atoms with Gasteiger partial charge in [-0.2, -0.15) is 0 Å². The van der Waals surface area contributed by atoms with Crippen LogP contribution in [0.1, 0.15) is 11.5 Å². The molecule has 0 atom stereocenters. The number of nitrogens with zero attached hydrogens (tertiary/aromatic N) is 3. The number of hydrogen-bond acceptors (Lipinski definition) is 4. The molecule has 5 aromatic rings. The summed E-state index contributed by atoms with van der Waals surface area (Å²) in [6.07, 6.45) is 0.593. The maximum Gasteiger partial charge on any atom is 0.247 e. The number of nitrogens with one attached hydrogen (secondary N) is 1. The highest BCUT2D eigenvalue weighted by Crippen LogP contribution is 2.34. The summed E-state index contributed by atoms with van der Waals surface area (Å²) in [5, 5.41) is 9.44. The second-order valence-corrected chi connectivity index (χ2v) is 7.39. The summed E-state index contributed by atoms with van der Waals surface area (Å²) in [5.74, 6) is 1.65. The van der Waals surface area contributed by atoms with Gasteiger partial charge in [-0.3, -0.25) is 0 Å². The first-order valence-corrected chi connectivity index (χ1v) is 9.74. The van der Waals surface area contributed by atoms with Gasteiger partial charge in [0, 0.05) is 5.56 Å². The normalized spacial score (nSPS) is 11.2. The van der Waals surface area contributed by atoms with Crippen LogP contribution in [0.2, 0.25) is 10.0 Å². The van der Waals surface area contributed by atoms with Crippen molar-refractivity contribution in [1.82, 2.24) is 20.2 Å². The summed E-state index contributed by atoms with van der Waals surface area (Å²) in [6, 6.07) is 21.1. The van der Waals surface area contributed by atoms with Crippen molar-refractivity contribution in [1.29, 1.82) is 0 Å². The third kappa shape index (κ3) is 3.50. The molecule has 1 N–H and O–H groups in total. The van der Waals surface area contributed by atoms with Crippen LogP contribution in [0.25, 0.3) is 33.9 Å². The van der Waals surface area contributed by atoms with Gasteiger partial charge >= 0.3 is 0 Å². The second kappa shape index (κ2) is 7.35. The average molecular weight is 421 g/mol. The van der Waals surface area contributed by atoms with Crippen LogP contribution in [0.5, 0.6) is 0 Å². The standard InChI is InChI=1S/C22H14Cl2N4O/c23-15-7-4-8-16(24)20(15)21-25-17-10-9-14(12-18(17)26-21)22-28-27-19(29-22)11-13-5-2-1-3-6-13/h1-10,12H,11H2,(H,25,26). The second-order valence-electron chi connectivity index (χ2n) is 6.58. The van der Waals surface area contributed by atoms with Gasteiger partial charge in [0.05, 0.1) is 33.1 Å². The Morgan fingerprint density at radius 2 is 1.66 bits per heavy atom. The molecule has 5 rings (SSSR count). The van der Waals surface area contributed by atoms with E-state index in [-0.39, 0.29) is 0 Å². The summed E-state index contributed by atoms with van der Waals surface area (Å²) in [7, 11) is 0. The van der Waals surface area contributed by atoms with Crippen molar-refractivity contribution < 1.29 is 4.42 Å². The van der Waals surface area contributed by atoms with E-state index in [4.69, 9.17) is 27.6 Å². The van der Waals surface area contributed by atoms with Crippen molar-refractivity contribution >= 4 is 34.2 Å². The maximum absolute atomic E-state index is 6.31. The highest BCUT2D eigenvalue weighted by atomic mass is 35.5. The van der Waals surface area contributed by atoms with Gasteiger partial charge in [0.1, 0.15) is 5.82 Å². The molecular weight excluding hydrogens is 407 g/mol. The Kier molecular flexibility index (Phi) is 4.54. The number of rotatable bonds is 4. The molecule has 0 aliphatic heterocycles. The minimum absolute atomic E-state index is 0.463. The van der Waals surface area contributed by atoms with Crippen LogP contribution in [0.3, 0.4) is 0 Å². The van der Waals surface area contributed by atoms with E-state index in [1.54, 1.807) is 18.2 Å². The van der Waals surface area contributed by atoms with E-state index in [1.165, 1.54) is 0 Å². The van der Waals surface area contributed by atoms with Gasteiger partial charge in [0.2, 0.25) is 11.8 Å². The van der Waals surface area contributed by atoms with Gasteiger partial charge in [-0.25, -0.2) is 4.98 Å². The first-order chi connectivity index (χ1) is 14.2. The van der Waals surface area contributed by atoms with Crippen molar-refractivity contribution in [3.63, 3.8) is 0 Å². The van der Waals surface area contributed by atoms with Crippen molar-refractivity contribution in [2.45, 2.75) is 6.42 Å². The molecule has 2 aromatic heterocycles. The molecule has 5 nitrogen and oxygen atoms in total. The summed E-state index contributed by atoms with van der Waals surface area (Å²) < 4.78 is 5.85. The smallest absolute Gasteiger partial charge is 0.247 e. The number of benzene rings is 3. The number of fused-ring (bicyclic) bond motifs is 1. The maximum atomic E-state index is 6.31. The molecule has 0 aliphatic carbocycles. The highest BCUT2D eigenvalue weighted by Gasteiger charge is 2.15. The lowest BCUT2D eigenvalue weighted by Gasteiger charge is -2.02. The summed E-state index contributed by atoms with van der Waals surface area (Å²) in [5.41, 5.74) is 4.23. The van der Waals surface area contributed by atoms with Crippen LogP contribution in [-0.2, 0) is 6.42 Å². The van der Waals surface area contributed by atoms with Crippen LogP contribution in [0.4, 0.5) is 0 Å². The number of H-pyrrole nitrogens is 1. The fraction of sp³-hybridized carbons (Fsp3) is 0.0455. The van der Waals surface area contributed by atoms with Crippen molar-refractivity contribution in [3.8, 4) is 22.8 Å². The summed E-state index contributed by atoms with van der Waals surface area (Å²) in [6.45, 7) is 0. The first-order valence-electron chi connectivity index (χ1n) is 8.98. The molecule has 0 unspecified atom stereocenters. The van der Waals surface area contributed by atoms with Gasteiger partial charge in [0.15, 0.2) is 0 Å². The molecule has 0 saturated carbocycles. The van der Waals surface area contributed by atoms with Gasteiger partial charge < -0.3 is 9.40 Å². The third-order valence-electron chi connectivity index (χ3n) is 4.59. The van der Waals surface area contributed by atoms with Crippen molar-refractivity contribution in [2.24, 2.45) is 0 Å². The quantitative estimate of drug-likeness (QED) is 0.376. The third-order valence-corrected chi connectivity index (χ3v) is 5.22. The number of aromatic amines is 1. The molecule has 29 heavy (non-hydrogen) atoms. The van der Waals surface area contributed by atoms with E-state index in [1.807, 2.05) is 48.5 Å². The molecule has 2 heterocycles. The molecule has 7 heteroatoms. The molecule has 0 radical (unpaired) electrons. The van der Waals surface area contributed by atoms with E-state index >= 15 is 0 Å². The minimum atomic E-state index is 0.463. The molecule has 0 amide bonds. The average Bonchev–Trinajstić information content (AvgIpc) is 3.35. The van der Waals surface area contributed by atoms with Crippen LogP contribution >= 0.6 is 23.2 Å². The Hall–Kier alpha value is -3.15. The molecule has 0 saturated heterocycles. The molecule has 0 aliphatic rings. The molecular formula is C22H14Cl2N4O. The van der Waals surface area contributed by atoms with E-state index in [0.29, 0.717) is 39.6 Å². The zero-order valence-corrected chi connectivity index (χ0v) is 16.6.